The predicted molar refractivity (Wildman–Crippen MR) is 93.8 cm³/mol. The van der Waals surface area contributed by atoms with Crippen LogP contribution in [0.2, 0.25) is 0 Å². The minimum atomic E-state index is -0.219. The van der Waals surface area contributed by atoms with Crippen LogP contribution in [-0.4, -0.2) is 31.1 Å². The van der Waals surface area contributed by atoms with Gasteiger partial charge in [0, 0.05) is 35.8 Å². The molecule has 1 saturated carbocycles. The fourth-order valence-corrected chi connectivity index (χ4v) is 3.63. The molecule has 5 nitrogen and oxygen atoms in total. The summed E-state index contributed by atoms with van der Waals surface area (Å²) in [5, 5.41) is 10.7. The number of hydrogen-bond donors (Lipinski definition) is 3. The van der Waals surface area contributed by atoms with E-state index in [9.17, 15) is 9.59 Å². The molecule has 0 aliphatic heterocycles. The van der Waals surface area contributed by atoms with Gasteiger partial charge in [0.1, 0.15) is 0 Å². The van der Waals surface area contributed by atoms with Crippen molar-refractivity contribution in [3.05, 3.63) is 22.4 Å². The summed E-state index contributed by atoms with van der Waals surface area (Å²) in [6.45, 7) is 5.14. The van der Waals surface area contributed by atoms with Gasteiger partial charge in [-0.05, 0) is 24.3 Å². The van der Waals surface area contributed by atoms with Crippen molar-refractivity contribution in [2.75, 3.05) is 13.1 Å². The first-order valence-corrected chi connectivity index (χ1v) is 9.20. The van der Waals surface area contributed by atoms with Crippen LogP contribution in [0.1, 0.15) is 50.8 Å². The predicted octanol–water partition coefficient (Wildman–Crippen LogP) is 2.77. The second kappa shape index (κ2) is 8.34. The topological polar surface area (TPSA) is 70.2 Å². The molecule has 0 aromatic carbocycles. The number of carbonyl (C=O) groups is 2. The van der Waals surface area contributed by atoms with Crippen molar-refractivity contribution < 1.29 is 9.59 Å². The van der Waals surface area contributed by atoms with Crippen molar-refractivity contribution >= 4 is 23.3 Å². The van der Waals surface area contributed by atoms with Crippen LogP contribution in [0, 0.1) is 0 Å². The van der Waals surface area contributed by atoms with Crippen LogP contribution >= 0.6 is 11.3 Å². The van der Waals surface area contributed by atoms with Gasteiger partial charge in [-0.25, -0.2) is 4.79 Å². The highest BCUT2D eigenvalue weighted by molar-refractivity contribution is 7.10. The molecule has 6 heteroatoms. The largest absolute Gasteiger partial charge is 0.353 e. The summed E-state index contributed by atoms with van der Waals surface area (Å²) in [6, 6.07) is 4.22. The van der Waals surface area contributed by atoms with E-state index in [0.717, 1.165) is 12.8 Å². The Morgan fingerprint density at radius 2 is 2.00 bits per heavy atom. The quantitative estimate of drug-likeness (QED) is 0.716. The van der Waals surface area contributed by atoms with Crippen molar-refractivity contribution in [3.8, 4) is 0 Å². The molecule has 1 fully saturated rings. The summed E-state index contributed by atoms with van der Waals surface area (Å²) >= 11 is 1.69. The molecular weight excluding hydrogens is 310 g/mol. The number of nitrogens with one attached hydrogen (secondary N) is 3. The molecule has 0 spiro atoms. The fraction of sp³-hybridized carbons (Fsp3) is 0.647. The summed E-state index contributed by atoms with van der Waals surface area (Å²) in [6.07, 6.45) is 4.89. The van der Waals surface area contributed by atoms with E-state index >= 15 is 0 Å². The maximum absolute atomic E-state index is 11.8. The number of urea groups is 1. The van der Waals surface area contributed by atoms with Gasteiger partial charge in [-0.1, -0.05) is 32.8 Å². The Balaban J connectivity index is 1.60. The second-order valence-corrected chi connectivity index (χ2v) is 7.72. The molecule has 0 unspecified atom stereocenters. The zero-order valence-corrected chi connectivity index (χ0v) is 14.8. The van der Waals surface area contributed by atoms with Gasteiger partial charge < -0.3 is 16.0 Å². The monoisotopic (exact) mass is 337 g/mol. The summed E-state index contributed by atoms with van der Waals surface area (Å²) in [7, 11) is 0. The molecular formula is C17H27N3O2S. The molecule has 3 N–H and O–H groups in total. The molecule has 1 aromatic rings. The van der Waals surface area contributed by atoms with Gasteiger partial charge in [-0.15, -0.1) is 11.3 Å². The Morgan fingerprint density at radius 1 is 1.26 bits per heavy atom. The third-order valence-electron chi connectivity index (χ3n) is 4.24. The van der Waals surface area contributed by atoms with Crippen molar-refractivity contribution in [2.45, 2.75) is 57.4 Å². The first-order chi connectivity index (χ1) is 11.0. The lowest BCUT2D eigenvalue weighted by molar-refractivity contribution is -0.121. The third kappa shape index (κ3) is 5.86. The van der Waals surface area contributed by atoms with Gasteiger partial charge in [-0.2, -0.15) is 0 Å². The summed E-state index contributed by atoms with van der Waals surface area (Å²) in [4.78, 5) is 24.9. The van der Waals surface area contributed by atoms with E-state index in [0.29, 0.717) is 25.6 Å². The number of thiophene rings is 1. The first-order valence-electron chi connectivity index (χ1n) is 8.32. The normalized spacial score (nSPS) is 15.4. The molecule has 0 radical (unpaired) electrons. The molecule has 0 bridgehead atoms. The molecule has 128 valence electrons. The van der Waals surface area contributed by atoms with Crippen LogP contribution in [0.15, 0.2) is 17.5 Å². The average Bonchev–Trinajstić information content (AvgIpc) is 3.18. The minimum Gasteiger partial charge on any atom is -0.353 e. The highest BCUT2D eigenvalue weighted by Crippen LogP contribution is 2.26. The molecule has 1 aliphatic rings. The van der Waals surface area contributed by atoms with Gasteiger partial charge in [0.05, 0.1) is 0 Å². The lowest BCUT2D eigenvalue weighted by Gasteiger charge is -2.23. The number of rotatable bonds is 7. The van der Waals surface area contributed by atoms with Gasteiger partial charge in [-0.3, -0.25) is 4.79 Å². The molecule has 1 aromatic heterocycles. The number of carbonyl (C=O) groups excluding carboxylic acids is 2. The van der Waals surface area contributed by atoms with Crippen molar-refractivity contribution in [3.63, 3.8) is 0 Å². The second-order valence-electron chi connectivity index (χ2n) is 6.77. The van der Waals surface area contributed by atoms with Crippen LogP contribution in [0.25, 0.3) is 0 Å². The lowest BCUT2D eigenvalue weighted by Crippen LogP contribution is -2.43. The maximum atomic E-state index is 11.8. The zero-order chi connectivity index (χ0) is 16.7. The Labute approximate surface area is 142 Å². The zero-order valence-electron chi connectivity index (χ0n) is 14.0. The third-order valence-corrected chi connectivity index (χ3v) is 5.47. The summed E-state index contributed by atoms with van der Waals surface area (Å²) in [5.41, 5.74) is -0.0919. The van der Waals surface area contributed by atoms with Crippen LogP contribution in [0.3, 0.4) is 0 Å². The SMILES string of the molecule is CC(C)(CNC(=O)NCCC(=O)NC1CCCC1)c1cccs1. The Bertz CT molecular complexity index is 508. The maximum Gasteiger partial charge on any atom is 0.314 e. The van der Waals surface area contributed by atoms with E-state index in [1.807, 2.05) is 11.4 Å². The van der Waals surface area contributed by atoms with Crippen LogP contribution in [0.5, 0.6) is 0 Å². The van der Waals surface area contributed by atoms with Crippen LogP contribution in [-0.2, 0) is 10.2 Å². The van der Waals surface area contributed by atoms with Gasteiger partial charge >= 0.3 is 6.03 Å². The molecule has 0 saturated heterocycles. The van der Waals surface area contributed by atoms with E-state index in [4.69, 9.17) is 0 Å². The standard InChI is InChI=1S/C17H27N3O2S/c1-17(2,14-8-5-11-23-14)12-19-16(22)18-10-9-15(21)20-13-6-3-4-7-13/h5,8,11,13H,3-4,6-7,9-10,12H2,1-2H3,(H,20,21)(H2,18,19,22). The van der Waals surface area contributed by atoms with Crippen molar-refractivity contribution in [1.29, 1.82) is 0 Å². The molecule has 2 rings (SSSR count). The Hall–Kier alpha value is -1.56. The fourth-order valence-electron chi connectivity index (χ4n) is 2.77. The molecule has 0 atom stereocenters. The van der Waals surface area contributed by atoms with Gasteiger partial charge in [0.25, 0.3) is 0 Å². The molecule has 23 heavy (non-hydrogen) atoms. The van der Waals surface area contributed by atoms with Crippen LogP contribution < -0.4 is 16.0 Å². The smallest absolute Gasteiger partial charge is 0.314 e. The van der Waals surface area contributed by atoms with Crippen molar-refractivity contribution in [1.82, 2.24) is 16.0 Å². The molecule has 3 amide bonds. The summed E-state index contributed by atoms with van der Waals surface area (Å²) in [5.74, 6) is 0.0242. The highest BCUT2D eigenvalue weighted by Gasteiger charge is 2.22. The van der Waals surface area contributed by atoms with Crippen molar-refractivity contribution in [2.24, 2.45) is 0 Å². The first kappa shape index (κ1) is 17.8. The number of amides is 3. The molecule has 1 aliphatic carbocycles. The van der Waals surface area contributed by atoms with E-state index in [-0.39, 0.29) is 17.4 Å². The van der Waals surface area contributed by atoms with E-state index in [1.54, 1.807) is 11.3 Å². The Morgan fingerprint density at radius 3 is 2.65 bits per heavy atom. The van der Waals surface area contributed by atoms with Gasteiger partial charge in [0.2, 0.25) is 5.91 Å². The molecule has 1 heterocycles. The van der Waals surface area contributed by atoms with E-state index in [2.05, 4.69) is 35.9 Å². The lowest BCUT2D eigenvalue weighted by atomic mass is 9.91. The average molecular weight is 337 g/mol. The van der Waals surface area contributed by atoms with Crippen LogP contribution in [0.4, 0.5) is 4.79 Å². The Kier molecular flexibility index (Phi) is 6.45. The van der Waals surface area contributed by atoms with E-state index < -0.39 is 0 Å². The minimum absolute atomic E-state index is 0.0242. The number of hydrogen-bond acceptors (Lipinski definition) is 3. The highest BCUT2D eigenvalue weighted by atomic mass is 32.1. The van der Waals surface area contributed by atoms with E-state index in [1.165, 1.54) is 17.7 Å². The summed E-state index contributed by atoms with van der Waals surface area (Å²) < 4.78 is 0. The van der Waals surface area contributed by atoms with Gasteiger partial charge in [0.15, 0.2) is 0 Å².